The average Bonchev–Trinajstić information content (AvgIpc) is 3.42. The van der Waals surface area contributed by atoms with Crippen molar-refractivity contribution in [3.8, 4) is 17.1 Å². The van der Waals surface area contributed by atoms with Crippen LogP contribution >= 0.6 is 0 Å². The molecule has 0 radical (unpaired) electrons. The van der Waals surface area contributed by atoms with Crippen molar-refractivity contribution in [2.45, 2.75) is 13.3 Å². The van der Waals surface area contributed by atoms with Gasteiger partial charge in [-0.05, 0) is 36.2 Å². The molecule has 0 fully saturated rings. The van der Waals surface area contributed by atoms with Gasteiger partial charge in [0.15, 0.2) is 11.4 Å². The Morgan fingerprint density at radius 1 is 1.19 bits per heavy atom. The molecule has 2 amide bonds. The molecule has 0 saturated carbocycles. The quantitative estimate of drug-likeness (QED) is 0.435. The maximum Gasteiger partial charge on any atom is 0.277 e. The van der Waals surface area contributed by atoms with Crippen molar-refractivity contribution < 1.29 is 14.0 Å². The van der Waals surface area contributed by atoms with E-state index in [0.717, 1.165) is 17.7 Å². The first-order chi connectivity index (χ1) is 14.9. The molecule has 0 unspecified atom stereocenters. The summed E-state index contributed by atoms with van der Waals surface area (Å²) in [6.45, 7) is 2.06. The van der Waals surface area contributed by atoms with Crippen molar-refractivity contribution in [1.29, 1.82) is 0 Å². The summed E-state index contributed by atoms with van der Waals surface area (Å²) in [7, 11) is 0. The van der Waals surface area contributed by atoms with Gasteiger partial charge in [-0.2, -0.15) is 5.10 Å². The molecular formula is C21H19N7O3. The molecule has 0 aliphatic heterocycles. The number of benzene rings is 1. The summed E-state index contributed by atoms with van der Waals surface area (Å²) in [5, 5.41) is 6.82. The van der Waals surface area contributed by atoms with Crippen LogP contribution in [0.15, 0.2) is 59.5 Å². The van der Waals surface area contributed by atoms with Gasteiger partial charge in [0.05, 0.1) is 17.6 Å². The Hall–Kier alpha value is -4.47. The topological polar surface area (TPSA) is 155 Å². The number of nitrogens with one attached hydrogen (secondary N) is 1. The van der Waals surface area contributed by atoms with E-state index >= 15 is 0 Å². The van der Waals surface area contributed by atoms with E-state index in [4.69, 9.17) is 15.9 Å². The number of anilines is 2. The van der Waals surface area contributed by atoms with E-state index in [2.05, 4.69) is 27.3 Å². The number of nitrogens with zero attached hydrogens (tertiary/aromatic N) is 4. The summed E-state index contributed by atoms with van der Waals surface area (Å²) in [6.07, 6.45) is 5.14. The van der Waals surface area contributed by atoms with Crippen molar-refractivity contribution in [3.05, 3.63) is 72.0 Å². The normalized spacial score (nSPS) is 10.7. The molecule has 0 aliphatic carbocycles. The number of rotatable bonds is 6. The van der Waals surface area contributed by atoms with Crippen LogP contribution < -0.4 is 16.8 Å². The van der Waals surface area contributed by atoms with Crippen LogP contribution in [0, 0.1) is 0 Å². The van der Waals surface area contributed by atoms with Crippen LogP contribution in [0.4, 0.5) is 11.5 Å². The Balaban J connectivity index is 1.59. The lowest BCUT2D eigenvalue weighted by molar-refractivity contribution is 0.0996. The average molecular weight is 417 g/mol. The van der Waals surface area contributed by atoms with Crippen LogP contribution in [0.25, 0.3) is 17.1 Å². The summed E-state index contributed by atoms with van der Waals surface area (Å²) in [5.41, 5.74) is 13.7. The van der Waals surface area contributed by atoms with E-state index in [0.29, 0.717) is 11.4 Å². The molecule has 3 aromatic heterocycles. The van der Waals surface area contributed by atoms with Crippen LogP contribution in [-0.4, -0.2) is 31.6 Å². The lowest BCUT2D eigenvalue weighted by atomic mass is 10.1. The van der Waals surface area contributed by atoms with Gasteiger partial charge < -0.3 is 21.2 Å². The minimum Gasteiger partial charge on any atom is -0.444 e. The number of amides is 2. The van der Waals surface area contributed by atoms with E-state index in [9.17, 15) is 9.59 Å². The second-order valence-electron chi connectivity index (χ2n) is 6.68. The number of aromatic nitrogens is 4. The Labute approximate surface area is 176 Å². The highest BCUT2D eigenvalue weighted by Crippen LogP contribution is 2.22. The number of pyridine rings is 1. The van der Waals surface area contributed by atoms with Gasteiger partial charge in [0.1, 0.15) is 12.1 Å². The molecule has 31 heavy (non-hydrogen) atoms. The Morgan fingerprint density at radius 2 is 1.97 bits per heavy atom. The second-order valence-corrected chi connectivity index (χ2v) is 6.68. The highest BCUT2D eigenvalue weighted by molar-refractivity contribution is 6.07. The van der Waals surface area contributed by atoms with Gasteiger partial charge in [0.25, 0.3) is 11.8 Å². The molecule has 156 valence electrons. The smallest absolute Gasteiger partial charge is 0.277 e. The molecule has 3 heterocycles. The summed E-state index contributed by atoms with van der Waals surface area (Å²) in [4.78, 5) is 32.6. The number of oxazole rings is 1. The van der Waals surface area contributed by atoms with Gasteiger partial charge in [-0.3, -0.25) is 9.59 Å². The SMILES string of the molecule is CCc1ccc(-n2cc(NC(=O)c3coc(-c4ccnc(N)c4)n3)c(C(N)=O)n2)cc1. The van der Waals surface area contributed by atoms with Gasteiger partial charge in [-0.1, -0.05) is 19.1 Å². The molecule has 0 atom stereocenters. The maximum absolute atomic E-state index is 12.7. The summed E-state index contributed by atoms with van der Waals surface area (Å²) in [6, 6.07) is 10.9. The zero-order valence-corrected chi connectivity index (χ0v) is 16.6. The first-order valence-corrected chi connectivity index (χ1v) is 9.42. The Kier molecular flexibility index (Phi) is 5.19. The molecule has 0 bridgehead atoms. The highest BCUT2D eigenvalue weighted by Gasteiger charge is 2.20. The van der Waals surface area contributed by atoms with E-state index in [-0.39, 0.29) is 23.0 Å². The van der Waals surface area contributed by atoms with Crippen LogP contribution in [0.5, 0.6) is 0 Å². The molecule has 4 aromatic rings. The summed E-state index contributed by atoms with van der Waals surface area (Å²) < 4.78 is 6.85. The minimum absolute atomic E-state index is 0.0147. The maximum atomic E-state index is 12.7. The predicted octanol–water partition coefficient (Wildman–Crippen LogP) is 2.42. The van der Waals surface area contributed by atoms with Crippen molar-refractivity contribution in [1.82, 2.24) is 19.7 Å². The van der Waals surface area contributed by atoms with Gasteiger partial charge in [-0.15, -0.1) is 0 Å². The number of carbonyl (C=O) groups is 2. The zero-order valence-electron chi connectivity index (χ0n) is 16.6. The zero-order chi connectivity index (χ0) is 22.0. The number of hydrogen-bond donors (Lipinski definition) is 3. The van der Waals surface area contributed by atoms with Crippen LogP contribution in [-0.2, 0) is 6.42 Å². The van der Waals surface area contributed by atoms with Gasteiger partial charge in [-0.25, -0.2) is 14.6 Å². The Morgan fingerprint density at radius 3 is 2.65 bits per heavy atom. The second kappa shape index (κ2) is 8.11. The summed E-state index contributed by atoms with van der Waals surface area (Å²) >= 11 is 0. The van der Waals surface area contributed by atoms with Crippen LogP contribution in [0.3, 0.4) is 0 Å². The van der Waals surface area contributed by atoms with Crippen molar-refractivity contribution in [2.24, 2.45) is 5.73 Å². The van der Waals surface area contributed by atoms with Crippen LogP contribution in [0.2, 0.25) is 0 Å². The van der Waals surface area contributed by atoms with Crippen molar-refractivity contribution in [3.63, 3.8) is 0 Å². The number of aryl methyl sites for hydroxylation is 1. The third kappa shape index (κ3) is 4.13. The molecule has 4 rings (SSSR count). The first-order valence-electron chi connectivity index (χ1n) is 9.42. The molecule has 0 saturated heterocycles. The van der Waals surface area contributed by atoms with E-state index in [1.165, 1.54) is 23.3 Å². The molecule has 10 heteroatoms. The standard InChI is InChI=1S/C21H19N7O3/c1-2-12-3-5-14(6-4-12)28-10-15(18(27-28)19(23)29)25-20(30)16-11-31-21(26-16)13-7-8-24-17(22)9-13/h3-11H,2H2,1H3,(H2,22,24)(H2,23,29)(H,25,30). The first kappa shape index (κ1) is 19.8. The van der Waals surface area contributed by atoms with Gasteiger partial charge >= 0.3 is 0 Å². The van der Waals surface area contributed by atoms with Crippen molar-refractivity contribution in [2.75, 3.05) is 11.1 Å². The molecule has 1 aromatic carbocycles. The highest BCUT2D eigenvalue weighted by atomic mass is 16.3. The van der Waals surface area contributed by atoms with Crippen molar-refractivity contribution >= 4 is 23.3 Å². The largest absolute Gasteiger partial charge is 0.444 e. The van der Waals surface area contributed by atoms with E-state index < -0.39 is 11.8 Å². The fourth-order valence-corrected chi connectivity index (χ4v) is 2.94. The summed E-state index contributed by atoms with van der Waals surface area (Å²) in [5.74, 6) is -0.846. The lowest BCUT2D eigenvalue weighted by Gasteiger charge is -2.02. The van der Waals surface area contributed by atoms with Gasteiger partial charge in [0.2, 0.25) is 5.89 Å². The lowest BCUT2D eigenvalue weighted by Crippen LogP contribution is -2.18. The predicted molar refractivity (Wildman–Crippen MR) is 114 cm³/mol. The molecule has 10 nitrogen and oxygen atoms in total. The number of primary amides is 1. The molecule has 0 aliphatic rings. The molecule has 0 spiro atoms. The van der Waals surface area contributed by atoms with Gasteiger partial charge in [0, 0.05) is 11.8 Å². The number of hydrogen-bond acceptors (Lipinski definition) is 7. The van der Waals surface area contributed by atoms with Crippen LogP contribution in [0.1, 0.15) is 33.5 Å². The molecular weight excluding hydrogens is 398 g/mol. The Bertz CT molecular complexity index is 1260. The molecule has 5 N–H and O–H groups in total. The van der Waals surface area contributed by atoms with E-state index in [1.807, 2.05) is 24.3 Å². The van der Waals surface area contributed by atoms with E-state index in [1.54, 1.807) is 12.1 Å². The fourth-order valence-electron chi connectivity index (χ4n) is 2.94. The number of carbonyl (C=O) groups excluding carboxylic acids is 2. The third-order valence-electron chi connectivity index (χ3n) is 4.57. The number of nitrogens with two attached hydrogens (primary N) is 2. The monoisotopic (exact) mass is 417 g/mol. The fraction of sp³-hybridized carbons (Fsp3) is 0.0952. The third-order valence-corrected chi connectivity index (χ3v) is 4.57. The minimum atomic E-state index is -0.771. The number of nitrogen functional groups attached to an aromatic ring is 1.